The van der Waals surface area contributed by atoms with Crippen LogP contribution in [0.1, 0.15) is 31.7 Å². The summed E-state index contributed by atoms with van der Waals surface area (Å²) in [5, 5.41) is 3.17. The van der Waals surface area contributed by atoms with Gasteiger partial charge in [0.25, 0.3) is 0 Å². The number of aryl methyl sites for hydroxylation is 1. The van der Waals surface area contributed by atoms with Crippen molar-refractivity contribution in [3.8, 4) is 0 Å². The summed E-state index contributed by atoms with van der Waals surface area (Å²) in [7, 11) is 1.92. The van der Waals surface area contributed by atoms with Crippen molar-refractivity contribution in [2.75, 3.05) is 43.4 Å². The third-order valence-electron chi connectivity index (χ3n) is 4.26. The highest BCUT2D eigenvalue weighted by atomic mass is 15.3. The van der Waals surface area contributed by atoms with Crippen LogP contribution in [-0.4, -0.2) is 54.1 Å². The topological polar surface area (TPSA) is 44.3 Å². The molecule has 2 heterocycles. The number of hydrogen-bond donors (Lipinski definition) is 1. The molecule has 1 saturated heterocycles. The third kappa shape index (κ3) is 2.87. The molecule has 5 heteroatoms. The fourth-order valence-corrected chi connectivity index (χ4v) is 3.14. The smallest absolute Gasteiger partial charge is 0.137 e. The molecule has 1 unspecified atom stereocenters. The molecule has 0 spiro atoms. The first-order valence-electron chi connectivity index (χ1n) is 7.62. The minimum Gasteiger partial charge on any atom is -0.373 e. The van der Waals surface area contributed by atoms with Crippen LogP contribution in [0.2, 0.25) is 0 Å². The van der Waals surface area contributed by atoms with Gasteiger partial charge < -0.3 is 10.2 Å². The van der Waals surface area contributed by atoms with Crippen molar-refractivity contribution in [2.45, 2.75) is 40.2 Å². The standard InChI is InChI=1S/C15H27N5/c1-6-19(7-2)13-8-9-20(10-13)15-11(3)14(16-5)17-12(4)18-15/h13H,6-10H2,1-5H3,(H,16,17,18). The maximum atomic E-state index is 4.67. The molecule has 0 aromatic carbocycles. The van der Waals surface area contributed by atoms with Gasteiger partial charge in [0.1, 0.15) is 17.5 Å². The Hall–Kier alpha value is -1.36. The second-order valence-electron chi connectivity index (χ2n) is 5.43. The van der Waals surface area contributed by atoms with Gasteiger partial charge in [-0.1, -0.05) is 13.8 Å². The summed E-state index contributed by atoms with van der Waals surface area (Å²) in [5.74, 6) is 2.87. The van der Waals surface area contributed by atoms with Gasteiger partial charge in [-0.15, -0.1) is 0 Å². The molecule has 1 N–H and O–H groups in total. The molecule has 0 amide bonds. The molecule has 5 nitrogen and oxygen atoms in total. The average Bonchev–Trinajstić information content (AvgIpc) is 2.92. The van der Waals surface area contributed by atoms with E-state index in [1.54, 1.807) is 0 Å². The van der Waals surface area contributed by atoms with Crippen molar-refractivity contribution < 1.29 is 0 Å². The van der Waals surface area contributed by atoms with E-state index in [1.807, 2.05) is 14.0 Å². The van der Waals surface area contributed by atoms with E-state index in [0.717, 1.165) is 49.2 Å². The van der Waals surface area contributed by atoms with Crippen LogP contribution in [0.15, 0.2) is 0 Å². The van der Waals surface area contributed by atoms with Crippen LogP contribution in [0.3, 0.4) is 0 Å². The van der Waals surface area contributed by atoms with Crippen LogP contribution in [-0.2, 0) is 0 Å². The fourth-order valence-electron chi connectivity index (χ4n) is 3.14. The quantitative estimate of drug-likeness (QED) is 0.892. The van der Waals surface area contributed by atoms with Gasteiger partial charge in [0.2, 0.25) is 0 Å². The first kappa shape index (κ1) is 15.0. The van der Waals surface area contributed by atoms with E-state index in [0.29, 0.717) is 6.04 Å². The zero-order valence-electron chi connectivity index (χ0n) is 13.4. The molecule has 1 aliphatic heterocycles. The predicted octanol–water partition coefficient (Wildman–Crippen LogP) is 2.06. The molecular weight excluding hydrogens is 250 g/mol. The SMILES string of the molecule is CCN(CC)C1CCN(c2nc(C)nc(NC)c2C)C1. The second-order valence-corrected chi connectivity index (χ2v) is 5.43. The third-order valence-corrected chi connectivity index (χ3v) is 4.26. The van der Waals surface area contributed by atoms with Crippen molar-refractivity contribution in [2.24, 2.45) is 0 Å². The summed E-state index contributed by atoms with van der Waals surface area (Å²) in [5.41, 5.74) is 1.15. The normalized spacial score (nSPS) is 18.9. The van der Waals surface area contributed by atoms with Gasteiger partial charge in [-0.05, 0) is 33.4 Å². The lowest BCUT2D eigenvalue weighted by molar-refractivity contribution is 0.232. The molecule has 1 aromatic heterocycles. The van der Waals surface area contributed by atoms with Crippen LogP contribution in [0.4, 0.5) is 11.6 Å². The van der Waals surface area contributed by atoms with Crippen molar-refractivity contribution in [3.05, 3.63) is 11.4 Å². The summed E-state index contributed by atoms with van der Waals surface area (Å²) in [4.78, 5) is 14.1. The lowest BCUT2D eigenvalue weighted by atomic mass is 10.2. The summed E-state index contributed by atoms with van der Waals surface area (Å²) in [6.07, 6.45) is 1.22. The monoisotopic (exact) mass is 277 g/mol. The van der Waals surface area contributed by atoms with E-state index in [2.05, 4.69) is 45.9 Å². The van der Waals surface area contributed by atoms with Gasteiger partial charge in [0.15, 0.2) is 0 Å². The van der Waals surface area contributed by atoms with Crippen molar-refractivity contribution in [1.82, 2.24) is 14.9 Å². The molecule has 0 aliphatic carbocycles. The number of aromatic nitrogens is 2. The molecule has 1 atom stereocenters. The Bertz CT molecular complexity index is 456. The first-order valence-corrected chi connectivity index (χ1v) is 7.62. The molecule has 1 aromatic rings. The highest BCUT2D eigenvalue weighted by molar-refractivity contribution is 5.59. The summed E-state index contributed by atoms with van der Waals surface area (Å²) in [6, 6.07) is 0.651. The lowest BCUT2D eigenvalue weighted by Gasteiger charge is -2.27. The van der Waals surface area contributed by atoms with Crippen LogP contribution >= 0.6 is 0 Å². The average molecular weight is 277 g/mol. The molecule has 1 fully saturated rings. The van der Waals surface area contributed by atoms with Gasteiger partial charge in [0, 0.05) is 31.7 Å². The number of nitrogens with one attached hydrogen (secondary N) is 1. The van der Waals surface area contributed by atoms with Crippen LogP contribution < -0.4 is 10.2 Å². The van der Waals surface area contributed by atoms with E-state index in [1.165, 1.54) is 6.42 Å². The van der Waals surface area contributed by atoms with E-state index in [4.69, 9.17) is 0 Å². The van der Waals surface area contributed by atoms with Gasteiger partial charge in [-0.25, -0.2) is 9.97 Å². The maximum absolute atomic E-state index is 4.67. The molecule has 112 valence electrons. The highest BCUT2D eigenvalue weighted by Crippen LogP contribution is 2.27. The van der Waals surface area contributed by atoms with E-state index >= 15 is 0 Å². The van der Waals surface area contributed by atoms with E-state index < -0.39 is 0 Å². The molecule has 0 saturated carbocycles. The molecular formula is C15H27N5. The Balaban J connectivity index is 2.20. The number of likely N-dealkylation sites (N-methyl/N-ethyl adjacent to an activating group) is 1. The minimum absolute atomic E-state index is 0.651. The van der Waals surface area contributed by atoms with Gasteiger partial charge >= 0.3 is 0 Å². The van der Waals surface area contributed by atoms with Crippen molar-refractivity contribution in [1.29, 1.82) is 0 Å². The Kier molecular flexibility index (Phi) is 4.81. The van der Waals surface area contributed by atoms with Crippen LogP contribution in [0.5, 0.6) is 0 Å². The molecule has 1 aliphatic rings. The number of rotatable bonds is 5. The maximum Gasteiger partial charge on any atom is 0.137 e. The molecule has 0 radical (unpaired) electrons. The van der Waals surface area contributed by atoms with E-state index in [9.17, 15) is 0 Å². The number of nitrogens with zero attached hydrogens (tertiary/aromatic N) is 4. The van der Waals surface area contributed by atoms with Gasteiger partial charge in [-0.2, -0.15) is 0 Å². The fraction of sp³-hybridized carbons (Fsp3) is 0.733. The van der Waals surface area contributed by atoms with E-state index in [-0.39, 0.29) is 0 Å². The molecule has 2 rings (SSSR count). The Labute approximate surface area is 122 Å². The van der Waals surface area contributed by atoms with Crippen LogP contribution in [0.25, 0.3) is 0 Å². The van der Waals surface area contributed by atoms with Crippen molar-refractivity contribution in [3.63, 3.8) is 0 Å². The zero-order valence-corrected chi connectivity index (χ0v) is 13.4. The van der Waals surface area contributed by atoms with Crippen molar-refractivity contribution >= 4 is 11.6 Å². The first-order chi connectivity index (χ1) is 9.60. The predicted molar refractivity (Wildman–Crippen MR) is 84.6 cm³/mol. The van der Waals surface area contributed by atoms with Crippen LogP contribution in [0, 0.1) is 13.8 Å². The number of anilines is 2. The van der Waals surface area contributed by atoms with Gasteiger partial charge in [-0.3, -0.25) is 4.90 Å². The molecule has 20 heavy (non-hydrogen) atoms. The Morgan fingerprint density at radius 2 is 1.95 bits per heavy atom. The molecule has 0 bridgehead atoms. The lowest BCUT2D eigenvalue weighted by Crippen LogP contribution is -2.37. The Morgan fingerprint density at radius 3 is 2.55 bits per heavy atom. The zero-order chi connectivity index (χ0) is 14.7. The summed E-state index contributed by atoms with van der Waals surface area (Å²) in [6.45, 7) is 12.9. The summed E-state index contributed by atoms with van der Waals surface area (Å²) < 4.78 is 0. The number of hydrogen-bond acceptors (Lipinski definition) is 5. The summed E-state index contributed by atoms with van der Waals surface area (Å²) >= 11 is 0. The largest absolute Gasteiger partial charge is 0.373 e. The minimum atomic E-state index is 0.651. The second kappa shape index (κ2) is 6.39. The highest BCUT2D eigenvalue weighted by Gasteiger charge is 2.28. The van der Waals surface area contributed by atoms with Gasteiger partial charge in [0.05, 0.1) is 0 Å². The Morgan fingerprint density at radius 1 is 1.25 bits per heavy atom.